The maximum atomic E-state index is 12.0. The van der Waals surface area contributed by atoms with Gasteiger partial charge in [-0.15, -0.1) is 10.2 Å². The summed E-state index contributed by atoms with van der Waals surface area (Å²) in [5.41, 5.74) is 2.90. The van der Waals surface area contributed by atoms with E-state index in [4.69, 9.17) is 0 Å². The second-order valence-electron chi connectivity index (χ2n) is 5.13. The fourth-order valence-electron chi connectivity index (χ4n) is 1.88. The summed E-state index contributed by atoms with van der Waals surface area (Å²) < 4.78 is 1.66. The van der Waals surface area contributed by atoms with E-state index in [0.717, 1.165) is 31.2 Å². The lowest BCUT2D eigenvalue weighted by Crippen LogP contribution is -2.34. The summed E-state index contributed by atoms with van der Waals surface area (Å²) in [5, 5.41) is 13.5. The Morgan fingerprint density at radius 2 is 1.84 bits per heavy atom. The molecule has 2 amide bonds. The number of benzene rings is 1. The van der Waals surface area contributed by atoms with Gasteiger partial charge in [-0.2, -0.15) is 0 Å². The predicted octanol–water partition coefficient (Wildman–Crippen LogP) is 3.11. The van der Waals surface area contributed by atoms with Gasteiger partial charge in [0.05, 0.1) is 12.3 Å². The number of aromatic nitrogens is 2. The van der Waals surface area contributed by atoms with Crippen LogP contribution in [0.4, 0.5) is 5.69 Å². The van der Waals surface area contributed by atoms with Crippen LogP contribution >= 0.6 is 34.9 Å². The van der Waals surface area contributed by atoms with E-state index >= 15 is 0 Å². The number of aryl methyl sites for hydroxylation is 1. The van der Waals surface area contributed by atoms with Crippen molar-refractivity contribution >= 4 is 52.4 Å². The SMILES string of the molecule is CCSc1nnc(SCC(=O)NCC(=O)Nc2cccc(C)c2C)s1. The lowest BCUT2D eigenvalue weighted by Gasteiger charge is -2.10. The van der Waals surface area contributed by atoms with Crippen molar-refractivity contribution < 1.29 is 9.59 Å². The second kappa shape index (κ2) is 9.79. The molecule has 2 rings (SSSR count). The molecule has 0 aliphatic heterocycles. The van der Waals surface area contributed by atoms with Gasteiger partial charge in [0.25, 0.3) is 0 Å². The number of rotatable bonds is 8. The quantitative estimate of drug-likeness (QED) is 0.667. The minimum Gasteiger partial charge on any atom is -0.346 e. The Bertz CT molecular complexity index is 749. The van der Waals surface area contributed by atoms with Gasteiger partial charge >= 0.3 is 0 Å². The van der Waals surface area contributed by atoms with E-state index in [9.17, 15) is 9.59 Å². The molecule has 6 nitrogen and oxygen atoms in total. The van der Waals surface area contributed by atoms with Crippen LogP contribution in [-0.4, -0.2) is 40.1 Å². The van der Waals surface area contributed by atoms with E-state index in [0.29, 0.717) is 0 Å². The lowest BCUT2D eigenvalue weighted by atomic mass is 10.1. The first-order chi connectivity index (χ1) is 12.0. The minimum absolute atomic E-state index is 0.0557. The summed E-state index contributed by atoms with van der Waals surface area (Å²) >= 11 is 4.42. The van der Waals surface area contributed by atoms with Crippen LogP contribution in [0.3, 0.4) is 0 Å². The molecule has 0 saturated heterocycles. The van der Waals surface area contributed by atoms with E-state index < -0.39 is 0 Å². The molecule has 0 unspecified atom stereocenters. The average molecular weight is 397 g/mol. The lowest BCUT2D eigenvalue weighted by molar-refractivity contribution is -0.122. The van der Waals surface area contributed by atoms with Gasteiger partial charge in [0.15, 0.2) is 8.68 Å². The number of carbonyl (C=O) groups excluding carboxylic acids is 2. The van der Waals surface area contributed by atoms with Gasteiger partial charge < -0.3 is 10.6 Å². The third-order valence-electron chi connectivity index (χ3n) is 3.31. The highest BCUT2D eigenvalue weighted by Crippen LogP contribution is 2.28. The fourth-order valence-corrected chi connectivity index (χ4v) is 4.62. The van der Waals surface area contributed by atoms with Gasteiger partial charge in [0.2, 0.25) is 11.8 Å². The molecule has 1 aromatic heterocycles. The molecule has 0 radical (unpaired) electrons. The molecule has 25 heavy (non-hydrogen) atoms. The third kappa shape index (κ3) is 6.33. The Balaban J connectivity index is 1.73. The molecule has 1 aromatic carbocycles. The van der Waals surface area contributed by atoms with Crippen molar-refractivity contribution in [2.24, 2.45) is 0 Å². The Morgan fingerprint density at radius 3 is 2.56 bits per heavy atom. The normalized spacial score (nSPS) is 10.5. The molecular weight excluding hydrogens is 376 g/mol. The molecule has 0 aliphatic rings. The van der Waals surface area contributed by atoms with Crippen molar-refractivity contribution in [3.63, 3.8) is 0 Å². The number of amides is 2. The number of nitrogens with zero attached hydrogens (tertiary/aromatic N) is 2. The van der Waals surface area contributed by atoms with E-state index in [1.54, 1.807) is 11.8 Å². The number of hydrogen-bond donors (Lipinski definition) is 2. The Labute approximate surface area is 159 Å². The van der Waals surface area contributed by atoms with Gasteiger partial charge in [-0.25, -0.2) is 0 Å². The zero-order valence-electron chi connectivity index (χ0n) is 14.3. The molecule has 0 spiro atoms. The average Bonchev–Trinajstić information content (AvgIpc) is 3.03. The molecular formula is C16H20N4O2S3. The molecule has 9 heteroatoms. The Morgan fingerprint density at radius 1 is 1.12 bits per heavy atom. The first-order valence-electron chi connectivity index (χ1n) is 7.71. The molecule has 0 fully saturated rings. The number of nitrogens with one attached hydrogen (secondary N) is 2. The molecule has 134 valence electrons. The second-order valence-corrected chi connectivity index (χ2v) is 8.84. The molecule has 0 atom stereocenters. The maximum Gasteiger partial charge on any atom is 0.243 e. The Hall–Kier alpha value is -1.58. The van der Waals surface area contributed by atoms with Gasteiger partial charge in [-0.05, 0) is 36.8 Å². The first kappa shape index (κ1) is 19.7. The number of hydrogen-bond acceptors (Lipinski definition) is 7. The topological polar surface area (TPSA) is 84.0 Å². The molecule has 0 bridgehead atoms. The molecule has 2 N–H and O–H groups in total. The highest BCUT2D eigenvalue weighted by atomic mass is 32.2. The largest absolute Gasteiger partial charge is 0.346 e. The van der Waals surface area contributed by atoms with Crippen LogP contribution in [0.25, 0.3) is 0 Å². The monoisotopic (exact) mass is 396 g/mol. The highest BCUT2D eigenvalue weighted by Gasteiger charge is 2.10. The summed E-state index contributed by atoms with van der Waals surface area (Å²) in [4.78, 5) is 23.8. The van der Waals surface area contributed by atoms with E-state index in [1.807, 2.05) is 32.0 Å². The van der Waals surface area contributed by atoms with Crippen molar-refractivity contribution in [1.29, 1.82) is 0 Å². The van der Waals surface area contributed by atoms with Crippen molar-refractivity contribution in [1.82, 2.24) is 15.5 Å². The van der Waals surface area contributed by atoms with Gasteiger partial charge in [0, 0.05) is 5.69 Å². The van der Waals surface area contributed by atoms with Gasteiger partial charge in [-0.3, -0.25) is 9.59 Å². The first-order valence-corrected chi connectivity index (χ1v) is 10.5. The number of thioether (sulfide) groups is 2. The van der Waals surface area contributed by atoms with Gasteiger partial charge in [-0.1, -0.05) is 53.9 Å². The summed E-state index contributed by atoms with van der Waals surface area (Å²) in [5.74, 6) is 0.697. The summed E-state index contributed by atoms with van der Waals surface area (Å²) in [7, 11) is 0. The number of carbonyl (C=O) groups is 2. The standard InChI is InChI=1S/C16H20N4O2S3/c1-4-23-15-19-20-16(25-15)24-9-14(22)17-8-13(21)18-12-7-5-6-10(2)11(12)3/h5-7H,4,8-9H2,1-3H3,(H,17,22)(H,18,21). The molecule has 2 aromatic rings. The van der Waals surface area contributed by atoms with E-state index in [-0.39, 0.29) is 24.1 Å². The van der Waals surface area contributed by atoms with Crippen molar-refractivity contribution in [3.8, 4) is 0 Å². The fraction of sp³-hybridized carbons (Fsp3) is 0.375. The van der Waals surface area contributed by atoms with Crippen LogP contribution in [0.15, 0.2) is 26.9 Å². The van der Waals surface area contributed by atoms with Crippen LogP contribution in [0.2, 0.25) is 0 Å². The Kier molecular flexibility index (Phi) is 7.73. The molecule has 0 aliphatic carbocycles. The highest BCUT2D eigenvalue weighted by molar-refractivity contribution is 8.03. The number of anilines is 1. The van der Waals surface area contributed by atoms with Crippen molar-refractivity contribution in [2.45, 2.75) is 29.5 Å². The third-order valence-corrected chi connectivity index (χ3v) is 6.38. The van der Waals surface area contributed by atoms with Crippen LogP contribution < -0.4 is 10.6 Å². The molecule has 0 saturated carbocycles. The predicted molar refractivity (Wildman–Crippen MR) is 105 cm³/mol. The van der Waals surface area contributed by atoms with Crippen molar-refractivity contribution in [3.05, 3.63) is 29.3 Å². The molecule has 1 heterocycles. The van der Waals surface area contributed by atoms with E-state index in [2.05, 4.69) is 27.8 Å². The minimum atomic E-state index is -0.246. The van der Waals surface area contributed by atoms with Crippen molar-refractivity contribution in [2.75, 3.05) is 23.4 Å². The summed E-state index contributed by atoms with van der Waals surface area (Å²) in [6.07, 6.45) is 0. The smallest absolute Gasteiger partial charge is 0.243 e. The zero-order valence-corrected chi connectivity index (χ0v) is 16.7. The van der Waals surface area contributed by atoms with Crippen LogP contribution in [0.5, 0.6) is 0 Å². The van der Waals surface area contributed by atoms with Crippen LogP contribution in [0.1, 0.15) is 18.1 Å². The van der Waals surface area contributed by atoms with Crippen LogP contribution in [0, 0.1) is 13.8 Å². The zero-order chi connectivity index (χ0) is 18.2. The van der Waals surface area contributed by atoms with Gasteiger partial charge in [0.1, 0.15) is 0 Å². The summed E-state index contributed by atoms with van der Waals surface area (Å²) in [6.45, 7) is 5.94. The maximum absolute atomic E-state index is 12.0. The van der Waals surface area contributed by atoms with E-state index in [1.165, 1.54) is 23.1 Å². The summed E-state index contributed by atoms with van der Waals surface area (Å²) in [6, 6.07) is 5.72. The van der Waals surface area contributed by atoms with Crippen LogP contribution in [-0.2, 0) is 9.59 Å².